The zero-order chi connectivity index (χ0) is 5.86. The van der Waals surface area contributed by atoms with Gasteiger partial charge in [0, 0.05) is 3.83 Å². The number of hydrogen-bond donors (Lipinski definition) is 1. The van der Waals surface area contributed by atoms with E-state index in [0.717, 1.165) is 0 Å². The zero-order valence-electron chi connectivity index (χ0n) is 3.76. The summed E-state index contributed by atoms with van der Waals surface area (Å²) in [6.45, 7) is 1.45. The summed E-state index contributed by atoms with van der Waals surface area (Å²) in [5.41, 5.74) is 4.90. The van der Waals surface area contributed by atoms with Crippen LogP contribution in [0.25, 0.3) is 0 Å². The van der Waals surface area contributed by atoms with Gasteiger partial charge in [0.05, 0.1) is 0 Å². The van der Waals surface area contributed by atoms with E-state index in [1.807, 2.05) is 0 Å². The zero-order valence-corrected chi connectivity index (χ0v) is 5.34. The number of rotatable bonds is 2. The molecule has 1 atom stereocenters. The minimum Gasteiger partial charge on any atom is -0.372 e. The van der Waals surface area contributed by atoms with Gasteiger partial charge < -0.3 is 8.40 Å². The Balaban J connectivity index is 2.95. The van der Waals surface area contributed by atoms with Crippen LogP contribution in [0, 0.1) is 14.8 Å². The third-order valence-corrected chi connectivity index (χ3v) is 1.11. The van der Waals surface area contributed by atoms with E-state index in [1.54, 1.807) is 0 Å². The molecule has 0 aliphatic rings. The van der Waals surface area contributed by atoms with E-state index in [1.165, 1.54) is 6.92 Å². The molecule has 0 saturated heterocycles. The van der Waals surface area contributed by atoms with Crippen molar-refractivity contribution < 1.29 is 27.0 Å². The van der Waals surface area contributed by atoms with E-state index < -0.39 is 21.0 Å². The average molecular weight is 172 g/mol. The van der Waals surface area contributed by atoms with Crippen molar-refractivity contribution in [1.29, 1.82) is 0 Å². The molecule has 0 fully saturated rings. The molecule has 4 nitrogen and oxygen atoms in total. The summed E-state index contributed by atoms with van der Waals surface area (Å²) >= 11 is -3.08. The molecule has 0 aliphatic carbocycles. The van der Waals surface area contributed by atoms with Gasteiger partial charge in [-0.15, -0.1) is 0 Å². The predicted molar refractivity (Wildman–Crippen MR) is 14.7 cm³/mol. The molecule has 0 saturated carbocycles. The summed E-state index contributed by atoms with van der Waals surface area (Å²) in [6, 6.07) is 0. The van der Waals surface area contributed by atoms with Crippen LogP contribution in [0.2, 0.25) is 0 Å². The fourth-order valence-electron chi connectivity index (χ4n) is 0.115. The lowest BCUT2D eigenvalue weighted by Gasteiger charge is -1.93. The molecule has 0 bridgehead atoms. The lowest BCUT2D eigenvalue weighted by atomic mass is 10.7. The van der Waals surface area contributed by atoms with Gasteiger partial charge in [-0.3, -0.25) is 5.73 Å². The van der Waals surface area contributed by atoms with E-state index in [-0.39, 0.29) is 0 Å². The summed E-state index contributed by atoms with van der Waals surface area (Å²) < 4.78 is 23.2. The first-order valence-electron chi connectivity index (χ1n) is 1.61. The fourth-order valence-corrected chi connectivity index (χ4v) is 0.596. The number of nitrogens with two attached hydrogens (primary N) is 1. The van der Waals surface area contributed by atoms with E-state index in [4.69, 9.17) is 5.73 Å². The van der Waals surface area contributed by atoms with Crippen LogP contribution in [0.15, 0.2) is 0 Å². The fraction of sp³-hybridized carbons (Fsp3) is 1.00. The summed E-state index contributed by atoms with van der Waals surface area (Å²) in [5.74, 6) is 0. The van der Waals surface area contributed by atoms with Gasteiger partial charge in [-0.1, -0.05) is 0 Å². The Morgan fingerprint density at radius 3 is 2.14 bits per heavy atom. The van der Waals surface area contributed by atoms with Crippen molar-refractivity contribution in [3.63, 3.8) is 0 Å². The second-order valence-corrected chi connectivity index (χ2v) is 2.15. The molecule has 0 aromatic heterocycles. The minimum atomic E-state index is -3.08. The monoisotopic (exact) mass is 171 g/mol. The van der Waals surface area contributed by atoms with Crippen LogP contribution >= 0.6 is 0 Å². The lowest BCUT2D eigenvalue weighted by Crippen LogP contribution is -2.39. The van der Waals surface area contributed by atoms with Crippen molar-refractivity contribution in [2.45, 2.75) is 13.2 Å². The average Bonchev–Trinajstić information content (AvgIpc) is 1.27. The Kier molecular flexibility index (Phi) is 3.49. The van der Waals surface area contributed by atoms with Crippen LogP contribution < -0.4 is 14.1 Å². The Morgan fingerprint density at radius 1 is 1.71 bits per heavy atom. The molecule has 0 aliphatic heterocycles. The number of hydrogen-bond acceptors (Lipinski definition) is 4. The van der Waals surface area contributed by atoms with Crippen LogP contribution in [0.4, 0.5) is 0 Å². The lowest BCUT2D eigenvalue weighted by molar-refractivity contribution is -1.63. The first-order valence-corrected chi connectivity index (χ1v) is 3.55. The first kappa shape index (κ1) is 7.32. The summed E-state index contributed by atoms with van der Waals surface area (Å²) in [7, 11) is 0. The summed E-state index contributed by atoms with van der Waals surface area (Å²) in [4.78, 5) is 0. The Bertz CT molecular complexity index is 42.2. The van der Waals surface area contributed by atoms with Crippen molar-refractivity contribution in [3.05, 3.63) is 0 Å². The molecule has 1 unspecified atom stereocenters. The number of halogens is 1. The van der Waals surface area contributed by atoms with Crippen molar-refractivity contribution >= 4 is 0 Å². The van der Waals surface area contributed by atoms with Crippen LogP contribution in [0.1, 0.15) is 6.92 Å². The van der Waals surface area contributed by atoms with E-state index in [0.29, 0.717) is 0 Å². The second-order valence-electron chi connectivity index (χ2n) is 0.983. The third kappa shape index (κ3) is 6.32. The molecule has 2 N–H and O–H groups in total. The normalized spacial score (nSPS) is 15.0. The second kappa shape index (κ2) is 3.34. The Hall–Kier alpha value is 0.320. The maximum absolute atomic E-state index is 9.58. The van der Waals surface area contributed by atoms with Gasteiger partial charge in [0.15, 0.2) is 0 Å². The molecule has 0 spiro atoms. The maximum Gasteiger partial charge on any atom is 0.438 e. The highest BCUT2D eigenvalue weighted by atomic mass is 80.0. The smallest absolute Gasteiger partial charge is 0.372 e. The summed E-state index contributed by atoms with van der Waals surface area (Å²) in [5, 5.41) is 0. The molecule has 0 amide bonds. The maximum atomic E-state index is 9.58. The summed E-state index contributed by atoms with van der Waals surface area (Å²) in [6.07, 6.45) is -0.704. The topological polar surface area (TPSA) is 81.4 Å². The molecule has 0 aromatic rings. The minimum absolute atomic E-state index is 0.704. The Labute approximate surface area is 46.7 Å². The highest BCUT2D eigenvalue weighted by Gasteiger charge is 2.12. The molecular formula is C2H6BrNO3. The van der Waals surface area contributed by atoms with Crippen LogP contribution in [-0.4, -0.2) is 6.23 Å². The van der Waals surface area contributed by atoms with Gasteiger partial charge in [0.2, 0.25) is 6.23 Å². The van der Waals surface area contributed by atoms with E-state index >= 15 is 0 Å². The van der Waals surface area contributed by atoms with Gasteiger partial charge in [-0.05, 0) is 6.92 Å². The quantitative estimate of drug-likeness (QED) is 0.463. The molecule has 0 rings (SSSR count). The standard InChI is InChI=1S/C2H6BrNO3/c1-2(4)7-3(5)6/h2H,4H2,1H3. The van der Waals surface area contributed by atoms with Gasteiger partial charge in [0.25, 0.3) is 0 Å². The van der Waals surface area contributed by atoms with Crippen molar-refractivity contribution in [2.75, 3.05) is 0 Å². The SMILES string of the molecule is CC(N)O[Br+2]([O-])[O-]. The van der Waals surface area contributed by atoms with E-state index in [9.17, 15) is 8.40 Å². The van der Waals surface area contributed by atoms with Crippen molar-refractivity contribution in [3.8, 4) is 0 Å². The van der Waals surface area contributed by atoms with Crippen LogP contribution in [0.3, 0.4) is 0 Å². The van der Waals surface area contributed by atoms with Crippen molar-refractivity contribution in [1.82, 2.24) is 0 Å². The van der Waals surface area contributed by atoms with Crippen molar-refractivity contribution in [2.24, 2.45) is 5.73 Å². The first-order chi connectivity index (χ1) is 3.13. The largest absolute Gasteiger partial charge is 0.438 e. The molecular weight excluding hydrogens is 166 g/mol. The predicted octanol–water partition coefficient (Wildman–Crippen LogP) is -2.61. The molecule has 44 valence electrons. The van der Waals surface area contributed by atoms with Gasteiger partial charge in [0.1, 0.15) is 0 Å². The molecule has 0 heterocycles. The molecule has 0 aromatic carbocycles. The highest BCUT2D eigenvalue weighted by Crippen LogP contribution is 1.79. The molecule has 5 heteroatoms. The van der Waals surface area contributed by atoms with Crippen LogP contribution in [-0.2, 0) is 3.83 Å². The van der Waals surface area contributed by atoms with Gasteiger partial charge >= 0.3 is 14.8 Å². The van der Waals surface area contributed by atoms with E-state index in [2.05, 4.69) is 3.83 Å². The third-order valence-electron chi connectivity index (χ3n) is 0.213. The molecule has 0 radical (unpaired) electrons. The highest BCUT2D eigenvalue weighted by molar-refractivity contribution is 4.19. The van der Waals surface area contributed by atoms with Gasteiger partial charge in [-0.25, -0.2) is 0 Å². The van der Waals surface area contributed by atoms with Crippen LogP contribution in [0.5, 0.6) is 0 Å². The molecule has 7 heavy (non-hydrogen) atoms. The van der Waals surface area contributed by atoms with Gasteiger partial charge in [-0.2, -0.15) is 0 Å². The Morgan fingerprint density at radius 2 is 2.14 bits per heavy atom.